The second-order valence-electron chi connectivity index (χ2n) is 6.40. The maximum absolute atomic E-state index is 13.0. The average molecular weight is 444 g/mol. The SMILES string of the molecule is O=C(CCCN1C(=O)C(=Cc2ccc(F)cc2)SC1=S)Nc1ccc(C(=O)[O-])cc1. The van der Waals surface area contributed by atoms with E-state index in [4.69, 9.17) is 12.2 Å². The summed E-state index contributed by atoms with van der Waals surface area (Å²) in [4.78, 5) is 37.3. The number of nitrogens with zero attached hydrogens (tertiary/aromatic N) is 1. The molecule has 0 spiro atoms. The van der Waals surface area contributed by atoms with E-state index in [1.54, 1.807) is 18.2 Å². The van der Waals surface area contributed by atoms with Crippen molar-refractivity contribution in [3.63, 3.8) is 0 Å². The average Bonchev–Trinajstić information content (AvgIpc) is 2.97. The summed E-state index contributed by atoms with van der Waals surface area (Å²) in [6.07, 6.45) is 2.22. The van der Waals surface area contributed by atoms with Crippen molar-refractivity contribution in [3.8, 4) is 0 Å². The summed E-state index contributed by atoms with van der Waals surface area (Å²) >= 11 is 6.43. The summed E-state index contributed by atoms with van der Waals surface area (Å²) in [7, 11) is 0. The van der Waals surface area contributed by atoms with Gasteiger partial charge in [-0.05, 0) is 47.9 Å². The Labute approximate surface area is 181 Å². The summed E-state index contributed by atoms with van der Waals surface area (Å²) in [5.41, 5.74) is 1.19. The van der Waals surface area contributed by atoms with Crippen LogP contribution in [0.2, 0.25) is 0 Å². The van der Waals surface area contributed by atoms with Crippen LogP contribution in [0.5, 0.6) is 0 Å². The first-order valence-corrected chi connectivity index (χ1v) is 10.2. The summed E-state index contributed by atoms with van der Waals surface area (Å²) in [5.74, 6) is -2.14. The largest absolute Gasteiger partial charge is 0.545 e. The number of hydrogen-bond donors (Lipinski definition) is 1. The van der Waals surface area contributed by atoms with Gasteiger partial charge in [-0.15, -0.1) is 0 Å². The molecule has 1 aliphatic heterocycles. The van der Waals surface area contributed by atoms with Gasteiger partial charge in [-0.2, -0.15) is 0 Å². The molecule has 2 aromatic rings. The summed E-state index contributed by atoms with van der Waals surface area (Å²) in [6.45, 7) is 0.294. The van der Waals surface area contributed by atoms with E-state index < -0.39 is 5.97 Å². The Morgan fingerprint density at radius 2 is 1.80 bits per heavy atom. The van der Waals surface area contributed by atoms with E-state index >= 15 is 0 Å². The Hall–Kier alpha value is -3.04. The van der Waals surface area contributed by atoms with E-state index in [9.17, 15) is 23.9 Å². The van der Waals surface area contributed by atoms with Crippen molar-refractivity contribution in [1.29, 1.82) is 0 Å². The van der Waals surface area contributed by atoms with Gasteiger partial charge in [0.25, 0.3) is 5.91 Å². The van der Waals surface area contributed by atoms with Gasteiger partial charge in [0.2, 0.25) is 5.91 Å². The van der Waals surface area contributed by atoms with Crippen LogP contribution in [0.4, 0.5) is 10.1 Å². The first-order chi connectivity index (χ1) is 14.3. The second-order valence-corrected chi connectivity index (χ2v) is 8.08. The number of hydrogen-bond acceptors (Lipinski definition) is 6. The van der Waals surface area contributed by atoms with Gasteiger partial charge in [0.05, 0.1) is 10.9 Å². The Morgan fingerprint density at radius 1 is 1.13 bits per heavy atom. The zero-order valence-electron chi connectivity index (χ0n) is 15.6. The zero-order chi connectivity index (χ0) is 21.7. The predicted octanol–water partition coefficient (Wildman–Crippen LogP) is 2.81. The van der Waals surface area contributed by atoms with Crippen LogP contribution < -0.4 is 10.4 Å². The van der Waals surface area contributed by atoms with Crippen LogP contribution in [-0.4, -0.2) is 33.5 Å². The summed E-state index contributed by atoms with van der Waals surface area (Å²) < 4.78 is 13.4. The van der Waals surface area contributed by atoms with Gasteiger partial charge >= 0.3 is 0 Å². The van der Waals surface area contributed by atoms with Gasteiger partial charge in [0.1, 0.15) is 10.1 Å². The number of nitrogens with one attached hydrogen (secondary N) is 1. The first-order valence-electron chi connectivity index (χ1n) is 8.95. The van der Waals surface area contributed by atoms with E-state index in [1.807, 2.05) is 0 Å². The van der Waals surface area contributed by atoms with E-state index in [0.29, 0.717) is 33.4 Å². The molecular formula is C21H16FN2O4S2-. The number of amides is 2. The molecule has 0 bridgehead atoms. The lowest BCUT2D eigenvalue weighted by molar-refractivity contribution is -0.255. The third kappa shape index (κ3) is 5.52. The zero-order valence-corrected chi connectivity index (χ0v) is 17.2. The second kappa shape index (κ2) is 9.64. The highest BCUT2D eigenvalue weighted by atomic mass is 32.2. The first kappa shape index (κ1) is 21.7. The topological polar surface area (TPSA) is 89.5 Å². The lowest BCUT2D eigenvalue weighted by Gasteiger charge is -2.14. The normalized spacial score (nSPS) is 15.0. The summed E-state index contributed by atoms with van der Waals surface area (Å²) in [5, 5.41) is 13.4. The predicted molar refractivity (Wildman–Crippen MR) is 115 cm³/mol. The molecule has 0 radical (unpaired) electrons. The van der Waals surface area contributed by atoms with Crippen LogP contribution >= 0.6 is 24.0 Å². The molecule has 0 atom stereocenters. The van der Waals surface area contributed by atoms with Crippen LogP contribution in [0.25, 0.3) is 6.08 Å². The number of carboxylic acid groups (broad SMARTS) is 1. The van der Waals surface area contributed by atoms with E-state index in [1.165, 1.54) is 53.1 Å². The lowest BCUT2D eigenvalue weighted by atomic mass is 10.2. The number of carboxylic acids is 1. The molecule has 1 fully saturated rings. The number of aromatic carboxylic acids is 1. The van der Waals surface area contributed by atoms with Gasteiger partial charge < -0.3 is 15.2 Å². The molecule has 1 aliphatic rings. The monoisotopic (exact) mass is 443 g/mol. The molecule has 0 aliphatic carbocycles. The van der Waals surface area contributed by atoms with Crippen LogP contribution in [-0.2, 0) is 9.59 Å². The van der Waals surface area contributed by atoms with Crippen LogP contribution in [0.1, 0.15) is 28.8 Å². The Balaban J connectivity index is 1.51. The van der Waals surface area contributed by atoms with Gasteiger partial charge in [0, 0.05) is 18.7 Å². The molecule has 0 aromatic heterocycles. The number of carbonyl (C=O) groups is 3. The molecule has 1 saturated heterocycles. The highest BCUT2D eigenvalue weighted by Gasteiger charge is 2.31. The minimum absolute atomic E-state index is 0.0241. The number of rotatable bonds is 7. The standard InChI is InChI=1S/C21H17FN2O4S2/c22-15-7-3-13(4-8-15)12-17-19(26)24(21(29)30-17)11-1-2-18(25)23-16-9-5-14(6-10-16)20(27)28/h3-10,12H,1-2,11H2,(H,23,25)(H,27,28)/p-1. The van der Waals surface area contributed by atoms with Crippen molar-refractivity contribution in [1.82, 2.24) is 4.90 Å². The number of thiocarbonyl (C=S) groups is 1. The third-order valence-corrected chi connectivity index (χ3v) is 5.61. The Kier molecular flexibility index (Phi) is 6.96. The van der Waals surface area contributed by atoms with Gasteiger partial charge in [-0.25, -0.2) is 4.39 Å². The highest BCUT2D eigenvalue weighted by Crippen LogP contribution is 2.32. The molecule has 30 heavy (non-hydrogen) atoms. The van der Waals surface area contributed by atoms with Crippen molar-refractivity contribution in [3.05, 3.63) is 70.4 Å². The van der Waals surface area contributed by atoms with E-state index in [2.05, 4.69) is 5.32 Å². The van der Waals surface area contributed by atoms with Crippen LogP contribution in [0, 0.1) is 5.82 Å². The fraction of sp³-hybridized carbons (Fsp3) is 0.143. The molecule has 2 amide bonds. The van der Waals surface area contributed by atoms with Crippen LogP contribution in [0.15, 0.2) is 53.4 Å². The molecule has 6 nitrogen and oxygen atoms in total. The molecule has 3 rings (SSSR count). The maximum Gasteiger partial charge on any atom is 0.266 e. The van der Waals surface area contributed by atoms with Crippen molar-refractivity contribution in [2.24, 2.45) is 0 Å². The Bertz CT molecular complexity index is 1020. The fourth-order valence-electron chi connectivity index (χ4n) is 2.71. The van der Waals surface area contributed by atoms with Gasteiger partial charge in [-0.1, -0.05) is 48.2 Å². The molecule has 1 heterocycles. The molecule has 0 unspecified atom stereocenters. The lowest BCUT2D eigenvalue weighted by Crippen LogP contribution is -2.29. The van der Waals surface area contributed by atoms with Crippen molar-refractivity contribution >= 4 is 57.8 Å². The smallest absolute Gasteiger partial charge is 0.266 e. The fourth-order valence-corrected chi connectivity index (χ4v) is 4.02. The molecule has 154 valence electrons. The Morgan fingerprint density at radius 3 is 2.43 bits per heavy atom. The molecule has 1 N–H and O–H groups in total. The van der Waals surface area contributed by atoms with E-state index in [-0.39, 0.29) is 29.6 Å². The molecular weight excluding hydrogens is 427 g/mol. The quantitative estimate of drug-likeness (QED) is 0.523. The molecule has 9 heteroatoms. The number of anilines is 1. The van der Waals surface area contributed by atoms with Crippen molar-refractivity contribution < 1.29 is 23.9 Å². The number of carbonyl (C=O) groups excluding carboxylic acids is 3. The number of thioether (sulfide) groups is 1. The number of benzene rings is 2. The van der Waals surface area contributed by atoms with Crippen LogP contribution in [0.3, 0.4) is 0 Å². The molecule has 2 aromatic carbocycles. The van der Waals surface area contributed by atoms with E-state index in [0.717, 1.165) is 0 Å². The maximum atomic E-state index is 13.0. The minimum Gasteiger partial charge on any atom is -0.545 e. The summed E-state index contributed by atoms with van der Waals surface area (Å²) in [6, 6.07) is 11.4. The van der Waals surface area contributed by atoms with Gasteiger partial charge in [-0.3, -0.25) is 14.5 Å². The molecule has 0 saturated carbocycles. The third-order valence-electron chi connectivity index (χ3n) is 4.23. The number of halogens is 1. The highest BCUT2D eigenvalue weighted by molar-refractivity contribution is 8.26. The van der Waals surface area contributed by atoms with Crippen molar-refractivity contribution in [2.45, 2.75) is 12.8 Å². The van der Waals surface area contributed by atoms with Crippen molar-refractivity contribution in [2.75, 3.05) is 11.9 Å². The minimum atomic E-state index is -1.29. The van der Waals surface area contributed by atoms with Gasteiger partial charge in [0.15, 0.2) is 0 Å².